The van der Waals surface area contributed by atoms with Gasteiger partial charge in [0.25, 0.3) is 0 Å². The number of hydrogen-bond acceptors (Lipinski definition) is 3. The minimum Gasteiger partial charge on any atom is -0.496 e. The Morgan fingerprint density at radius 3 is 2.64 bits per heavy atom. The molecule has 0 atom stereocenters. The van der Waals surface area contributed by atoms with Gasteiger partial charge in [0.05, 0.1) is 25.9 Å². The molecule has 2 rings (SSSR count). The normalized spacial score (nSPS) is 16.4. The topological polar surface area (TPSA) is 55.1 Å². The van der Waals surface area contributed by atoms with Crippen molar-refractivity contribution < 1.29 is 14.4 Å². The zero-order valence-electron chi connectivity index (χ0n) is 13.7. The summed E-state index contributed by atoms with van der Waals surface area (Å²) in [6.45, 7) is 6.79. The minimum absolute atomic E-state index is 0.161. The first-order valence-electron chi connectivity index (χ1n) is 7.92. The van der Waals surface area contributed by atoms with Crippen molar-refractivity contribution in [2.45, 2.75) is 39.7 Å². The average molecular weight is 304 g/mol. The molecule has 1 saturated heterocycles. The Hall–Kier alpha value is -1.88. The number of carbonyl (C=O) groups excluding carboxylic acids is 1. The molecule has 1 aromatic carbocycles. The lowest BCUT2D eigenvalue weighted by Gasteiger charge is -2.24. The van der Waals surface area contributed by atoms with E-state index in [1.165, 1.54) is 44.8 Å². The highest BCUT2D eigenvalue weighted by Crippen LogP contribution is 2.20. The molecule has 0 spiro atoms. The molecule has 0 saturated carbocycles. The van der Waals surface area contributed by atoms with Crippen molar-refractivity contribution in [3.63, 3.8) is 0 Å². The molecule has 1 amide bonds. The zero-order chi connectivity index (χ0) is 15.9. The lowest BCUT2D eigenvalue weighted by molar-refractivity contribution is -0.918. The number of likely N-dealkylation sites (tertiary alicyclic amines) is 1. The van der Waals surface area contributed by atoms with Gasteiger partial charge in [-0.1, -0.05) is 0 Å². The van der Waals surface area contributed by atoms with Crippen LogP contribution < -0.4 is 15.1 Å². The first-order valence-corrected chi connectivity index (χ1v) is 7.92. The van der Waals surface area contributed by atoms with Crippen LogP contribution in [0.1, 0.15) is 44.2 Å². The van der Waals surface area contributed by atoms with Crippen LogP contribution in [0.4, 0.5) is 0 Å². The second-order valence-corrected chi connectivity index (χ2v) is 5.88. The van der Waals surface area contributed by atoms with Crippen LogP contribution >= 0.6 is 0 Å². The molecule has 1 heterocycles. The fourth-order valence-electron chi connectivity index (χ4n) is 2.87. The monoisotopic (exact) mass is 304 g/mol. The van der Waals surface area contributed by atoms with Gasteiger partial charge in [-0.05, 0) is 49.9 Å². The van der Waals surface area contributed by atoms with Gasteiger partial charge in [0.1, 0.15) is 12.3 Å². The summed E-state index contributed by atoms with van der Waals surface area (Å²) in [6, 6.07) is 6.09. The first kappa shape index (κ1) is 16.5. The van der Waals surface area contributed by atoms with E-state index >= 15 is 0 Å². The van der Waals surface area contributed by atoms with Crippen molar-refractivity contribution >= 4 is 11.6 Å². The molecular weight excluding hydrogens is 278 g/mol. The molecule has 5 heteroatoms. The van der Waals surface area contributed by atoms with Crippen molar-refractivity contribution in [1.82, 2.24) is 5.43 Å². The number of rotatable bonds is 5. The molecule has 120 valence electrons. The highest BCUT2D eigenvalue weighted by molar-refractivity contribution is 5.99. The minimum atomic E-state index is -0.161. The molecule has 0 bridgehead atoms. The lowest BCUT2D eigenvalue weighted by atomic mass is 10.0. The van der Waals surface area contributed by atoms with Crippen LogP contribution in [0.2, 0.25) is 0 Å². The van der Waals surface area contributed by atoms with E-state index in [1.54, 1.807) is 12.0 Å². The van der Waals surface area contributed by atoms with Crippen LogP contribution in [0.3, 0.4) is 0 Å². The number of methoxy groups -OCH3 is 1. The van der Waals surface area contributed by atoms with Crippen LogP contribution in [0.25, 0.3) is 0 Å². The van der Waals surface area contributed by atoms with Gasteiger partial charge in [-0.2, -0.15) is 5.10 Å². The maximum absolute atomic E-state index is 11.0. The molecule has 1 fully saturated rings. The van der Waals surface area contributed by atoms with Crippen molar-refractivity contribution in [3.8, 4) is 5.75 Å². The molecule has 1 aliphatic heterocycles. The van der Waals surface area contributed by atoms with E-state index in [-0.39, 0.29) is 5.91 Å². The third-order valence-electron chi connectivity index (χ3n) is 4.08. The number of amides is 1. The van der Waals surface area contributed by atoms with E-state index in [0.29, 0.717) is 0 Å². The number of quaternary nitrogens is 1. The van der Waals surface area contributed by atoms with E-state index in [9.17, 15) is 4.79 Å². The van der Waals surface area contributed by atoms with E-state index < -0.39 is 0 Å². The fourth-order valence-corrected chi connectivity index (χ4v) is 2.87. The SMILES string of the molecule is COc1ccc(/C(C)=N\NC(C)=O)cc1C[NH+]1CCCCC1. The van der Waals surface area contributed by atoms with Gasteiger partial charge in [0, 0.05) is 12.5 Å². The summed E-state index contributed by atoms with van der Waals surface area (Å²) in [4.78, 5) is 12.6. The number of benzene rings is 1. The summed E-state index contributed by atoms with van der Waals surface area (Å²) >= 11 is 0. The number of hydrazone groups is 1. The number of hydrogen-bond donors (Lipinski definition) is 2. The Morgan fingerprint density at radius 2 is 2.00 bits per heavy atom. The molecule has 2 N–H and O–H groups in total. The molecule has 1 aliphatic rings. The average Bonchev–Trinajstić information content (AvgIpc) is 2.53. The highest BCUT2D eigenvalue weighted by Gasteiger charge is 2.17. The Morgan fingerprint density at radius 1 is 1.27 bits per heavy atom. The summed E-state index contributed by atoms with van der Waals surface area (Å²) < 4.78 is 5.50. The fraction of sp³-hybridized carbons (Fsp3) is 0.529. The van der Waals surface area contributed by atoms with Crippen LogP contribution in [-0.2, 0) is 11.3 Å². The van der Waals surface area contributed by atoms with E-state index in [1.807, 2.05) is 19.1 Å². The standard InChI is InChI=1S/C17H25N3O2/c1-13(18-19-14(2)21)15-7-8-17(22-3)16(11-15)12-20-9-5-4-6-10-20/h7-8,11H,4-6,9-10,12H2,1-3H3,(H,19,21)/p+1/b18-13-. The second kappa shape index (κ2) is 7.94. The van der Waals surface area contributed by atoms with Crippen molar-refractivity contribution in [1.29, 1.82) is 0 Å². The Balaban J connectivity index is 2.17. The molecule has 0 unspecified atom stereocenters. The molecule has 5 nitrogen and oxygen atoms in total. The first-order chi connectivity index (χ1) is 10.6. The third kappa shape index (κ3) is 4.56. The van der Waals surface area contributed by atoms with E-state index in [0.717, 1.165) is 23.6 Å². The number of piperidine rings is 1. The van der Waals surface area contributed by atoms with E-state index in [2.05, 4.69) is 16.6 Å². The van der Waals surface area contributed by atoms with Crippen LogP contribution in [0.15, 0.2) is 23.3 Å². The predicted molar refractivity (Wildman–Crippen MR) is 87.3 cm³/mol. The number of carbonyl (C=O) groups is 1. The lowest BCUT2D eigenvalue weighted by Crippen LogP contribution is -3.11. The summed E-state index contributed by atoms with van der Waals surface area (Å²) in [6.07, 6.45) is 3.96. The number of nitrogens with zero attached hydrogens (tertiary/aromatic N) is 1. The molecule has 0 aliphatic carbocycles. The van der Waals surface area contributed by atoms with Gasteiger partial charge in [0.2, 0.25) is 5.91 Å². The van der Waals surface area contributed by atoms with Gasteiger partial charge in [-0.3, -0.25) is 4.79 Å². The maximum Gasteiger partial charge on any atom is 0.236 e. The summed E-state index contributed by atoms with van der Waals surface area (Å²) in [5.41, 5.74) is 5.50. The summed E-state index contributed by atoms with van der Waals surface area (Å²) in [5.74, 6) is 0.764. The molecule has 22 heavy (non-hydrogen) atoms. The van der Waals surface area contributed by atoms with Gasteiger partial charge >= 0.3 is 0 Å². The second-order valence-electron chi connectivity index (χ2n) is 5.88. The summed E-state index contributed by atoms with van der Waals surface area (Å²) in [5, 5.41) is 4.11. The van der Waals surface area contributed by atoms with Crippen LogP contribution in [-0.4, -0.2) is 31.8 Å². The van der Waals surface area contributed by atoms with Gasteiger partial charge < -0.3 is 9.64 Å². The Bertz CT molecular complexity index is 549. The quantitative estimate of drug-likeness (QED) is 0.633. The molecule has 1 aromatic rings. The van der Waals surface area contributed by atoms with Crippen molar-refractivity contribution in [3.05, 3.63) is 29.3 Å². The van der Waals surface area contributed by atoms with Crippen molar-refractivity contribution in [2.75, 3.05) is 20.2 Å². The summed E-state index contributed by atoms with van der Waals surface area (Å²) in [7, 11) is 1.71. The number of ether oxygens (including phenoxy) is 1. The van der Waals surface area contributed by atoms with Gasteiger partial charge in [-0.15, -0.1) is 0 Å². The van der Waals surface area contributed by atoms with Gasteiger partial charge in [0.15, 0.2) is 0 Å². The van der Waals surface area contributed by atoms with Crippen LogP contribution in [0.5, 0.6) is 5.75 Å². The maximum atomic E-state index is 11.0. The molecular formula is C17H26N3O2+. The number of nitrogens with one attached hydrogen (secondary N) is 2. The zero-order valence-corrected chi connectivity index (χ0v) is 13.7. The Kier molecular flexibility index (Phi) is 5.95. The Labute approximate surface area is 132 Å². The highest BCUT2D eigenvalue weighted by atomic mass is 16.5. The van der Waals surface area contributed by atoms with Gasteiger partial charge in [-0.25, -0.2) is 5.43 Å². The molecule has 0 aromatic heterocycles. The van der Waals surface area contributed by atoms with E-state index in [4.69, 9.17) is 4.74 Å². The molecule has 0 radical (unpaired) electrons. The third-order valence-corrected chi connectivity index (χ3v) is 4.08. The smallest absolute Gasteiger partial charge is 0.236 e. The van der Waals surface area contributed by atoms with Crippen molar-refractivity contribution in [2.24, 2.45) is 5.10 Å². The van der Waals surface area contributed by atoms with Crippen LogP contribution in [0, 0.1) is 0 Å². The largest absolute Gasteiger partial charge is 0.496 e. The predicted octanol–water partition coefficient (Wildman–Crippen LogP) is 1.12.